The van der Waals surface area contributed by atoms with Gasteiger partial charge in [0.15, 0.2) is 11.0 Å². The monoisotopic (exact) mass is 352 g/mol. The second-order valence-electron chi connectivity index (χ2n) is 6.71. The Hall–Kier alpha value is -2.05. The van der Waals surface area contributed by atoms with Crippen molar-refractivity contribution < 1.29 is 9.59 Å². The standard InChI is InChI=1S/C22H25O2P/c1-8-25(21(23)19-15(4)9-13(2)10-16(19)5)22(24)20-17(6)11-14(3)12-18(20)7/h8-12H,1H2,2-7H3. The molecule has 0 amide bonds. The molecular formula is C22H25O2P. The molecule has 0 spiro atoms. The summed E-state index contributed by atoms with van der Waals surface area (Å²) in [6.45, 7) is 15.5. The van der Waals surface area contributed by atoms with Gasteiger partial charge in [0, 0.05) is 11.1 Å². The minimum atomic E-state index is -1.63. The average Bonchev–Trinajstić information content (AvgIpc) is 2.45. The summed E-state index contributed by atoms with van der Waals surface area (Å²) >= 11 is 0. The van der Waals surface area contributed by atoms with Crippen LogP contribution in [0.25, 0.3) is 0 Å². The van der Waals surface area contributed by atoms with E-state index < -0.39 is 7.92 Å². The number of carbonyl (C=O) groups excluding carboxylic acids is 2. The van der Waals surface area contributed by atoms with E-state index in [1.165, 1.54) is 5.82 Å². The maximum atomic E-state index is 13.2. The van der Waals surface area contributed by atoms with Crippen LogP contribution in [0, 0.1) is 41.5 Å². The van der Waals surface area contributed by atoms with E-state index in [0.717, 1.165) is 33.4 Å². The minimum absolute atomic E-state index is 0.107. The van der Waals surface area contributed by atoms with Crippen molar-refractivity contribution in [1.82, 2.24) is 0 Å². The Bertz CT molecular complexity index is 762. The molecule has 0 fully saturated rings. The number of carbonyl (C=O) groups is 2. The molecule has 0 N–H and O–H groups in total. The Kier molecular flexibility index (Phi) is 5.75. The lowest BCUT2D eigenvalue weighted by Gasteiger charge is -2.18. The second-order valence-corrected chi connectivity index (χ2v) is 8.63. The van der Waals surface area contributed by atoms with Crippen LogP contribution in [0.15, 0.2) is 36.7 Å². The van der Waals surface area contributed by atoms with E-state index in [0.29, 0.717) is 11.1 Å². The van der Waals surface area contributed by atoms with Crippen LogP contribution in [0.2, 0.25) is 0 Å². The van der Waals surface area contributed by atoms with E-state index in [1.807, 2.05) is 65.8 Å². The zero-order valence-corrected chi connectivity index (χ0v) is 16.8. The number of hydrogen-bond acceptors (Lipinski definition) is 2. The summed E-state index contributed by atoms with van der Waals surface area (Å²) in [7, 11) is -1.63. The van der Waals surface area contributed by atoms with E-state index in [4.69, 9.17) is 0 Å². The molecule has 0 bridgehead atoms. The first kappa shape index (κ1) is 19.3. The van der Waals surface area contributed by atoms with Gasteiger partial charge in [0.25, 0.3) is 0 Å². The van der Waals surface area contributed by atoms with Crippen molar-refractivity contribution in [2.24, 2.45) is 0 Å². The molecule has 0 aromatic heterocycles. The lowest BCUT2D eigenvalue weighted by atomic mass is 10.0. The molecule has 0 saturated carbocycles. The van der Waals surface area contributed by atoms with Gasteiger partial charge in [0.1, 0.15) is 0 Å². The van der Waals surface area contributed by atoms with E-state index in [9.17, 15) is 9.59 Å². The summed E-state index contributed by atoms with van der Waals surface area (Å²) in [6.07, 6.45) is 0. The lowest BCUT2D eigenvalue weighted by molar-refractivity contribution is 0.105. The van der Waals surface area contributed by atoms with Gasteiger partial charge in [-0.25, -0.2) is 0 Å². The van der Waals surface area contributed by atoms with Crippen molar-refractivity contribution in [2.45, 2.75) is 41.5 Å². The zero-order chi connectivity index (χ0) is 18.9. The number of benzene rings is 2. The SMILES string of the molecule is C=CP(C(=O)c1c(C)cc(C)cc1C)C(=O)c1c(C)cc(C)cc1C. The Morgan fingerprint density at radius 3 is 1.24 bits per heavy atom. The molecule has 0 radical (unpaired) electrons. The summed E-state index contributed by atoms with van der Waals surface area (Å²) in [5, 5.41) is 0. The van der Waals surface area contributed by atoms with Crippen LogP contribution in [0.1, 0.15) is 54.1 Å². The first-order valence-electron chi connectivity index (χ1n) is 8.33. The van der Waals surface area contributed by atoms with Crippen LogP contribution >= 0.6 is 7.92 Å². The fraction of sp³-hybridized carbons (Fsp3) is 0.273. The van der Waals surface area contributed by atoms with Gasteiger partial charge in [0.05, 0.1) is 7.92 Å². The molecule has 2 rings (SSSR count). The molecule has 130 valence electrons. The second kappa shape index (κ2) is 7.45. The van der Waals surface area contributed by atoms with E-state index in [-0.39, 0.29) is 11.0 Å². The molecule has 0 aliphatic carbocycles. The third-order valence-electron chi connectivity index (χ3n) is 4.40. The summed E-state index contributed by atoms with van der Waals surface area (Å²) in [5.41, 5.74) is 7.01. The number of rotatable bonds is 5. The highest BCUT2D eigenvalue weighted by atomic mass is 31.1. The third-order valence-corrected chi connectivity index (χ3v) is 6.09. The normalized spacial score (nSPS) is 10.8. The molecule has 0 heterocycles. The first-order valence-corrected chi connectivity index (χ1v) is 9.74. The Morgan fingerprint density at radius 2 is 1.00 bits per heavy atom. The van der Waals surface area contributed by atoms with Crippen molar-refractivity contribution >= 4 is 19.0 Å². The lowest BCUT2D eigenvalue weighted by Crippen LogP contribution is -2.11. The Morgan fingerprint density at radius 1 is 0.720 bits per heavy atom. The van der Waals surface area contributed by atoms with Crippen molar-refractivity contribution in [3.63, 3.8) is 0 Å². The van der Waals surface area contributed by atoms with Crippen LogP contribution in [0.5, 0.6) is 0 Å². The average molecular weight is 352 g/mol. The number of hydrogen-bond donors (Lipinski definition) is 0. The van der Waals surface area contributed by atoms with E-state index in [2.05, 4.69) is 6.58 Å². The minimum Gasteiger partial charge on any atom is -0.288 e. The molecule has 0 aliphatic heterocycles. The summed E-state index contributed by atoms with van der Waals surface area (Å²) < 4.78 is 0. The van der Waals surface area contributed by atoms with Gasteiger partial charge >= 0.3 is 0 Å². The zero-order valence-electron chi connectivity index (χ0n) is 15.9. The fourth-order valence-electron chi connectivity index (χ4n) is 3.53. The van der Waals surface area contributed by atoms with Gasteiger partial charge < -0.3 is 0 Å². The Balaban J connectivity index is 2.52. The van der Waals surface area contributed by atoms with Gasteiger partial charge in [-0.05, 0) is 63.8 Å². The maximum Gasteiger partial charge on any atom is 0.196 e. The largest absolute Gasteiger partial charge is 0.288 e. The predicted molar refractivity (Wildman–Crippen MR) is 107 cm³/mol. The highest BCUT2D eigenvalue weighted by molar-refractivity contribution is 7.92. The van der Waals surface area contributed by atoms with Crippen molar-refractivity contribution in [3.8, 4) is 0 Å². The summed E-state index contributed by atoms with van der Waals surface area (Å²) in [5.74, 6) is 1.54. The van der Waals surface area contributed by atoms with Crippen molar-refractivity contribution in [2.75, 3.05) is 0 Å². The van der Waals surface area contributed by atoms with Gasteiger partial charge in [-0.1, -0.05) is 47.8 Å². The molecule has 0 atom stereocenters. The third kappa shape index (κ3) is 3.80. The van der Waals surface area contributed by atoms with Gasteiger partial charge in [-0.2, -0.15) is 0 Å². The Labute approximate surface area is 151 Å². The van der Waals surface area contributed by atoms with Gasteiger partial charge in [-0.3, -0.25) is 9.59 Å². The quantitative estimate of drug-likeness (QED) is 0.605. The highest BCUT2D eigenvalue weighted by Crippen LogP contribution is 2.46. The molecule has 3 heteroatoms. The van der Waals surface area contributed by atoms with Crippen LogP contribution < -0.4 is 0 Å². The number of aryl methyl sites for hydroxylation is 6. The molecule has 2 aromatic carbocycles. The van der Waals surface area contributed by atoms with Gasteiger partial charge in [0.2, 0.25) is 0 Å². The van der Waals surface area contributed by atoms with E-state index >= 15 is 0 Å². The van der Waals surface area contributed by atoms with E-state index in [1.54, 1.807) is 0 Å². The predicted octanol–water partition coefficient (Wildman–Crippen LogP) is 6.14. The van der Waals surface area contributed by atoms with Crippen molar-refractivity contribution in [1.29, 1.82) is 0 Å². The van der Waals surface area contributed by atoms with Crippen LogP contribution in [0.4, 0.5) is 0 Å². The molecule has 2 nitrogen and oxygen atoms in total. The van der Waals surface area contributed by atoms with Crippen molar-refractivity contribution in [3.05, 3.63) is 81.2 Å². The molecular weight excluding hydrogens is 327 g/mol. The smallest absolute Gasteiger partial charge is 0.196 e. The van der Waals surface area contributed by atoms with Crippen LogP contribution in [0.3, 0.4) is 0 Å². The highest BCUT2D eigenvalue weighted by Gasteiger charge is 2.29. The topological polar surface area (TPSA) is 34.1 Å². The van der Waals surface area contributed by atoms with Crippen LogP contribution in [-0.2, 0) is 0 Å². The molecule has 0 saturated heterocycles. The fourth-order valence-corrected chi connectivity index (χ4v) is 5.24. The molecule has 0 aliphatic rings. The maximum absolute atomic E-state index is 13.2. The summed E-state index contributed by atoms with van der Waals surface area (Å²) in [4.78, 5) is 26.3. The molecule has 25 heavy (non-hydrogen) atoms. The first-order chi connectivity index (χ1) is 11.7. The van der Waals surface area contributed by atoms with Crippen LogP contribution in [-0.4, -0.2) is 11.0 Å². The van der Waals surface area contributed by atoms with Gasteiger partial charge in [-0.15, -0.1) is 0 Å². The summed E-state index contributed by atoms with van der Waals surface area (Å²) in [6, 6.07) is 7.96. The molecule has 2 aromatic rings. The molecule has 0 unspecified atom stereocenters.